The lowest BCUT2D eigenvalue weighted by Gasteiger charge is -2.17. The fraction of sp³-hybridized carbons (Fsp3) is 0.105. The lowest BCUT2D eigenvalue weighted by Crippen LogP contribution is -2.05. The molecule has 0 atom stereocenters. The Kier molecular flexibility index (Phi) is 3.48. The van der Waals surface area contributed by atoms with Gasteiger partial charge in [0.15, 0.2) is 0 Å². The zero-order valence-corrected chi connectivity index (χ0v) is 11.1. The minimum atomic E-state index is 0.777. The van der Waals surface area contributed by atoms with Gasteiger partial charge in [-0.05, 0) is 36.1 Å². The Balaban J connectivity index is 2.08. The topological polar surface area (TPSA) is 17.1 Å². The van der Waals surface area contributed by atoms with Gasteiger partial charge in [-0.25, -0.2) is 0 Å². The van der Waals surface area contributed by atoms with Crippen molar-refractivity contribution >= 4 is 11.9 Å². The van der Waals surface area contributed by atoms with E-state index >= 15 is 0 Å². The number of carbonyl (C=O) groups is 1. The van der Waals surface area contributed by atoms with Gasteiger partial charge < -0.3 is 0 Å². The summed E-state index contributed by atoms with van der Waals surface area (Å²) in [6, 6.07) is 18.0. The second-order valence-electron chi connectivity index (χ2n) is 4.79. The smallest absolute Gasteiger partial charge is 0.147 e. The van der Waals surface area contributed by atoms with Gasteiger partial charge in [0.2, 0.25) is 0 Å². The van der Waals surface area contributed by atoms with Crippen molar-refractivity contribution in [2.24, 2.45) is 0 Å². The van der Waals surface area contributed by atoms with Crippen molar-refractivity contribution in [2.45, 2.75) is 12.8 Å². The van der Waals surface area contributed by atoms with Crippen LogP contribution in [0.3, 0.4) is 0 Å². The molecule has 0 aliphatic heterocycles. The van der Waals surface area contributed by atoms with Gasteiger partial charge in [0.1, 0.15) is 6.29 Å². The number of benzene rings is 2. The van der Waals surface area contributed by atoms with Crippen molar-refractivity contribution in [3.05, 3.63) is 76.9 Å². The number of hydrogen-bond donors (Lipinski definition) is 0. The fourth-order valence-electron chi connectivity index (χ4n) is 2.47. The SMILES string of the molecule is O=CC1=C(C#Cc2ccccc2)c2ccccc2CC1. The number of aldehydes is 1. The van der Waals surface area contributed by atoms with Crippen LogP contribution in [0.25, 0.3) is 5.57 Å². The quantitative estimate of drug-likeness (QED) is 0.564. The maximum Gasteiger partial charge on any atom is 0.147 e. The van der Waals surface area contributed by atoms with Gasteiger partial charge in [-0.1, -0.05) is 54.3 Å². The number of hydrogen-bond acceptors (Lipinski definition) is 1. The highest BCUT2D eigenvalue weighted by Gasteiger charge is 2.16. The van der Waals surface area contributed by atoms with Crippen LogP contribution in [0.5, 0.6) is 0 Å². The van der Waals surface area contributed by atoms with Gasteiger partial charge in [0.25, 0.3) is 0 Å². The standard InChI is InChI=1S/C19H14O/c20-14-17-12-11-16-8-4-5-9-18(16)19(17)13-10-15-6-2-1-3-7-15/h1-9,14H,11-12H2. The molecule has 0 N–H and O–H groups in total. The predicted octanol–water partition coefficient (Wildman–Crippen LogP) is 3.64. The number of aryl methyl sites for hydroxylation is 1. The van der Waals surface area contributed by atoms with Crippen molar-refractivity contribution in [1.82, 2.24) is 0 Å². The third-order valence-electron chi connectivity index (χ3n) is 3.52. The summed E-state index contributed by atoms with van der Waals surface area (Å²) in [5, 5.41) is 0. The third kappa shape index (κ3) is 2.41. The summed E-state index contributed by atoms with van der Waals surface area (Å²) in [7, 11) is 0. The lowest BCUT2D eigenvalue weighted by atomic mass is 9.86. The Morgan fingerprint density at radius 3 is 2.40 bits per heavy atom. The van der Waals surface area contributed by atoms with Crippen LogP contribution >= 0.6 is 0 Å². The molecule has 0 aromatic heterocycles. The number of allylic oxidation sites excluding steroid dienone is 2. The lowest BCUT2D eigenvalue weighted by molar-refractivity contribution is -0.105. The van der Waals surface area contributed by atoms with Crippen molar-refractivity contribution in [2.75, 3.05) is 0 Å². The van der Waals surface area contributed by atoms with Crippen LogP contribution in [0.2, 0.25) is 0 Å². The highest BCUT2D eigenvalue weighted by atomic mass is 16.1. The maximum atomic E-state index is 11.3. The average molecular weight is 258 g/mol. The van der Waals surface area contributed by atoms with Gasteiger partial charge >= 0.3 is 0 Å². The van der Waals surface area contributed by atoms with E-state index in [1.807, 2.05) is 48.5 Å². The summed E-state index contributed by atoms with van der Waals surface area (Å²) in [4.78, 5) is 11.3. The van der Waals surface area contributed by atoms with E-state index in [4.69, 9.17) is 0 Å². The van der Waals surface area contributed by atoms with E-state index in [0.29, 0.717) is 0 Å². The molecular formula is C19H14O. The van der Waals surface area contributed by atoms with Crippen molar-refractivity contribution in [1.29, 1.82) is 0 Å². The zero-order valence-electron chi connectivity index (χ0n) is 11.1. The molecule has 20 heavy (non-hydrogen) atoms. The summed E-state index contributed by atoms with van der Waals surface area (Å²) in [5.41, 5.74) is 5.03. The molecule has 3 rings (SSSR count). The Hall–Kier alpha value is -2.59. The number of carbonyl (C=O) groups excluding carboxylic acids is 1. The monoisotopic (exact) mass is 258 g/mol. The fourth-order valence-corrected chi connectivity index (χ4v) is 2.47. The highest BCUT2D eigenvalue weighted by molar-refractivity contribution is 5.96. The normalized spacial score (nSPS) is 13.2. The second-order valence-corrected chi connectivity index (χ2v) is 4.79. The van der Waals surface area contributed by atoms with E-state index in [9.17, 15) is 4.79 Å². The van der Waals surface area contributed by atoms with E-state index in [0.717, 1.165) is 41.4 Å². The summed E-state index contributed by atoms with van der Waals surface area (Å²) >= 11 is 0. The van der Waals surface area contributed by atoms with Crippen molar-refractivity contribution in [3.8, 4) is 11.8 Å². The van der Waals surface area contributed by atoms with Gasteiger partial charge in [-0.3, -0.25) is 4.79 Å². The van der Waals surface area contributed by atoms with E-state index in [-0.39, 0.29) is 0 Å². The van der Waals surface area contributed by atoms with Crippen LogP contribution in [0.4, 0.5) is 0 Å². The molecule has 0 saturated heterocycles. The second kappa shape index (κ2) is 5.59. The Morgan fingerprint density at radius 1 is 0.850 bits per heavy atom. The first kappa shape index (κ1) is 12.4. The Bertz CT molecular complexity index is 727. The molecule has 96 valence electrons. The molecule has 1 nitrogen and oxygen atoms in total. The van der Waals surface area contributed by atoms with Crippen molar-refractivity contribution < 1.29 is 4.79 Å². The van der Waals surface area contributed by atoms with Gasteiger partial charge in [-0.2, -0.15) is 0 Å². The Morgan fingerprint density at radius 2 is 1.60 bits per heavy atom. The molecule has 2 aromatic rings. The Labute approximate surface area is 119 Å². The molecule has 0 saturated carbocycles. The highest BCUT2D eigenvalue weighted by Crippen LogP contribution is 2.29. The molecule has 0 radical (unpaired) electrons. The van der Waals surface area contributed by atoms with Crippen molar-refractivity contribution in [3.63, 3.8) is 0 Å². The molecule has 1 aliphatic carbocycles. The zero-order chi connectivity index (χ0) is 13.8. The summed E-state index contributed by atoms with van der Waals surface area (Å²) in [6.07, 6.45) is 2.64. The van der Waals surface area contributed by atoms with Crippen LogP contribution in [0.1, 0.15) is 23.1 Å². The number of rotatable bonds is 1. The third-order valence-corrected chi connectivity index (χ3v) is 3.52. The van der Waals surface area contributed by atoms with Gasteiger partial charge in [0.05, 0.1) is 0 Å². The molecule has 0 amide bonds. The number of fused-ring (bicyclic) bond motifs is 1. The van der Waals surface area contributed by atoms with E-state index in [2.05, 4.69) is 17.9 Å². The van der Waals surface area contributed by atoms with Gasteiger partial charge in [0, 0.05) is 16.7 Å². The van der Waals surface area contributed by atoms with Crippen LogP contribution in [0.15, 0.2) is 60.2 Å². The van der Waals surface area contributed by atoms with Crippen LogP contribution in [-0.4, -0.2) is 6.29 Å². The molecule has 2 aromatic carbocycles. The largest absolute Gasteiger partial charge is 0.298 e. The molecule has 0 heterocycles. The maximum absolute atomic E-state index is 11.3. The first-order valence-corrected chi connectivity index (χ1v) is 6.72. The molecule has 0 bridgehead atoms. The van der Waals surface area contributed by atoms with Crippen LogP contribution < -0.4 is 0 Å². The minimum Gasteiger partial charge on any atom is -0.298 e. The molecule has 0 unspecified atom stereocenters. The van der Waals surface area contributed by atoms with Crippen LogP contribution in [-0.2, 0) is 11.2 Å². The average Bonchev–Trinajstić information content (AvgIpc) is 2.53. The van der Waals surface area contributed by atoms with Crippen LogP contribution in [0, 0.1) is 11.8 Å². The van der Waals surface area contributed by atoms with E-state index in [1.54, 1.807) is 0 Å². The minimum absolute atomic E-state index is 0.777. The molecule has 1 heteroatoms. The van der Waals surface area contributed by atoms with Gasteiger partial charge in [-0.15, -0.1) is 0 Å². The first-order chi connectivity index (χ1) is 9.88. The molecule has 1 aliphatic rings. The summed E-state index contributed by atoms with van der Waals surface area (Å²) < 4.78 is 0. The first-order valence-electron chi connectivity index (χ1n) is 6.72. The predicted molar refractivity (Wildman–Crippen MR) is 81.1 cm³/mol. The summed E-state index contributed by atoms with van der Waals surface area (Å²) in [5.74, 6) is 6.35. The summed E-state index contributed by atoms with van der Waals surface area (Å²) in [6.45, 7) is 0. The molecular weight excluding hydrogens is 244 g/mol. The molecule has 0 fully saturated rings. The van der Waals surface area contributed by atoms with E-state index in [1.165, 1.54) is 5.56 Å². The molecule has 0 spiro atoms. The van der Waals surface area contributed by atoms with E-state index < -0.39 is 0 Å².